The maximum absolute atomic E-state index is 12.5. The molecule has 0 saturated carbocycles. The van der Waals surface area contributed by atoms with Crippen molar-refractivity contribution in [3.05, 3.63) is 35.4 Å². The van der Waals surface area contributed by atoms with Crippen LogP contribution in [-0.4, -0.2) is 21.8 Å². The number of rotatable bonds is 7. The summed E-state index contributed by atoms with van der Waals surface area (Å²) in [6, 6.07) is 8.85. The van der Waals surface area contributed by atoms with Gasteiger partial charge in [0.1, 0.15) is 0 Å². The molecule has 3 unspecified atom stereocenters. The molecule has 0 saturated heterocycles. The highest BCUT2D eigenvalue weighted by atomic mass is 32.2. The van der Waals surface area contributed by atoms with E-state index in [2.05, 4.69) is 43.4 Å². The first-order valence-electron chi connectivity index (χ1n) is 7.46. The van der Waals surface area contributed by atoms with E-state index in [4.69, 9.17) is 0 Å². The van der Waals surface area contributed by atoms with Gasteiger partial charge < -0.3 is 5.32 Å². The fourth-order valence-corrected chi connectivity index (χ4v) is 4.57. The predicted molar refractivity (Wildman–Crippen MR) is 82.9 cm³/mol. The van der Waals surface area contributed by atoms with Gasteiger partial charge in [-0.25, -0.2) is 0 Å². The van der Waals surface area contributed by atoms with Crippen LogP contribution in [0.25, 0.3) is 0 Å². The molecule has 1 aromatic carbocycles. The molecule has 3 heteroatoms. The molecule has 0 heterocycles. The lowest BCUT2D eigenvalue weighted by molar-refractivity contribution is 0.527. The largest absolute Gasteiger partial charge is 0.309 e. The van der Waals surface area contributed by atoms with Gasteiger partial charge >= 0.3 is 0 Å². The third kappa shape index (κ3) is 3.46. The van der Waals surface area contributed by atoms with Crippen molar-refractivity contribution in [2.45, 2.75) is 50.8 Å². The first-order valence-corrected chi connectivity index (χ1v) is 8.84. The second-order valence-electron chi connectivity index (χ2n) is 5.31. The molecule has 0 bridgehead atoms. The fourth-order valence-electron chi connectivity index (χ4n) is 2.78. The molecular formula is C16H25NOS. The van der Waals surface area contributed by atoms with Gasteiger partial charge in [0, 0.05) is 22.6 Å². The Bertz CT molecular complexity index is 433. The third-order valence-electron chi connectivity index (χ3n) is 3.83. The average Bonchev–Trinajstić information content (AvgIpc) is 2.81. The molecular weight excluding hydrogens is 254 g/mol. The Labute approximate surface area is 119 Å². The van der Waals surface area contributed by atoms with Crippen molar-refractivity contribution in [1.82, 2.24) is 5.32 Å². The van der Waals surface area contributed by atoms with Gasteiger partial charge in [-0.05, 0) is 36.9 Å². The first kappa shape index (κ1) is 14.7. The molecule has 0 aliphatic heterocycles. The van der Waals surface area contributed by atoms with Gasteiger partial charge in [-0.2, -0.15) is 0 Å². The minimum absolute atomic E-state index is 0.260. The molecule has 1 aromatic rings. The molecule has 106 valence electrons. The molecule has 1 aliphatic rings. The Hall–Kier alpha value is -0.670. The van der Waals surface area contributed by atoms with E-state index in [0.29, 0.717) is 0 Å². The zero-order valence-electron chi connectivity index (χ0n) is 12.0. The van der Waals surface area contributed by atoms with Crippen LogP contribution in [0.4, 0.5) is 0 Å². The second-order valence-corrected chi connectivity index (χ2v) is 7.09. The molecule has 19 heavy (non-hydrogen) atoms. The molecule has 0 fully saturated rings. The summed E-state index contributed by atoms with van der Waals surface area (Å²) in [5, 5.41) is 3.86. The van der Waals surface area contributed by atoms with E-state index >= 15 is 0 Å². The van der Waals surface area contributed by atoms with Gasteiger partial charge in [-0.15, -0.1) is 0 Å². The van der Waals surface area contributed by atoms with Crippen LogP contribution >= 0.6 is 0 Å². The molecule has 0 radical (unpaired) electrons. The SMILES string of the molecule is CCCCS(=O)C1Cc2ccccc2C1NCCC. The minimum Gasteiger partial charge on any atom is -0.309 e. The summed E-state index contributed by atoms with van der Waals surface area (Å²) in [5.74, 6) is 0.847. The standard InChI is InChI=1S/C16H25NOS/c1-3-5-11-19(18)15-12-13-8-6-7-9-14(13)16(15)17-10-4-2/h6-9,15-17H,3-5,10-12H2,1-2H3. The fraction of sp³-hybridized carbons (Fsp3) is 0.625. The highest BCUT2D eigenvalue weighted by molar-refractivity contribution is 7.85. The Morgan fingerprint density at radius 1 is 1.26 bits per heavy atom. The van der Waals surface area contributed by atoms with Gasteiger partial charge in [0.2, 0.25) is 0 Å². The zero-order chi connectivity index (χ0) is 13.7. The van der Waals surface area contributed by atoms with Crippen molar-refractivity contribution in [2.24, 2.45) is 0 Å². The van der Waals surface area contributed by atoms with Gasteiger partial charge in [-0.1, -0.05) is 44.5 Å². The Morgan fingerprint density at radius 3 is 2.79 bits per heavy atom. The number of unbranched alkanes of at least 4 members (excludes halogenated alkanes) is 1. The quantitative estimate of drug-likeness (QED) is 0.830. The van der Waals surface area contributed by atoms with Gasteiger partial charge in [-0.3, -0.25) is 4.21 Å². The van der Waals surface area contributed by atoms with Crippen molar-refractivity contribution >= 4 is 10.8 Å². The summed E-state index contributed by atoms with van der Waals surface area (Å²) in [6.45, 7) is 5.34. The molecule has 2 nitrogen and oxygen atoms in total. The van der Waals surface area contributed by atoms with Crippen LogP contribution in [0.2, 0.25) is 0 Å². The number of nitrogens with one attached hydrogen (secondary N) is 1. The summed E-state index contributed by atoms with van der Waals surface area (Å²) in [4.78, 5) is 0. The lowest BCUT2D eigenvalue weighted by Crippen LogP contribution is -2.33. The minimum atomic E-state index is -0.718. The van der Waals surface area contributed by atoms with E-state index in [1.165, 1.54) is 11.1 Å². The van der Waals surface area contributed by atoms with Crippen LogP contribution in [0, 0.1) is 0 Å². The van der Waals surface area contributed by atoms with E-state index in [-0.39, 0.29) is 11.3 Å². The van der Waals surface area contributed by atoms with Gasteiger partial charge in [0.05, 0.1) is 5.25 Å². The van der Waals surface area contributed by atoms with Crippen LogP contribution in [0.5, 0.6) is 0 Å². The van der Waals surface area contributed by atoms with Crippen LogP contribution in [0.1, 0.15) is 50.3 Å². The topological polar surface area (TPSA) is 29.1 Å². The number of hydrogen-bond donors (Lipinski definition) is 1. The maximum Gasteiger partial charge on any atom is 0.0583 e. The molecule has 1 aliphatic carbocycles. The second kappa shape index (κ2) is 7.20. The van der Waals surface area contributed by atoms with Crippen molar-refractivity contribution in [2.75, 3.05) is 12.3 Å². The van der Waals surface area contributed by atoms with Crippen LogP contribution in [0.3, 0.4) is 0 Å². The molecule has 0 amide bonds. The Kier molecular flexibility index (Phi) is 5.59. The van der Waals surface area contributed by atoms with Gasteiger partial charge in [0.15, 0.2) is 0 Å². The zero-order valence-corrected chi connectivity index (χ0v) is 12.8. The number of hydrogen-bond acceptors (Lipinski definition) is 2. The van der Waals surface area contributed by atoms with E-state index in [1.54, 1.807) is 0 Å². The predicted octanol–water partition coefficient (Wildman–Crippen LogP) is 3.20. The summed E-state index contributed by atoms with van der Waals surface area (Å²) < 4.78 is 12.5. The molecule has 3 atom stereocenters. The van der Waals surface area contributed by atoms with Crippen LogP contribution in [-0.2, 0) is 17.2 Å². The van der Waals surface area contributed by atoms with Crippen LogP contribution in [0.15, 0.2) is 24.3 Å². The van der Waals surface area contributed by atoms with E-state index in [0.717, 1.165) is 38.0 Å². The molecule has 0 aromatic heterocycles. The third-order valence-corrected chi connectivity index (χ3v) is 5.64. The van der Waals surface area contributed by atoms with Crippen LogP contribution < -0.4 is 5.32 Å². The van der Waals surface area contributed by atoms with Gasteiger partial charge in [0.25, 0.3) is 0 Å². The van der Waals surface area contributed by atoms with Crippen molar-refractivity contribution in [3.63, 3.8) is 0 Å². The van der Waals surface area contributed by atoms with E-state index < -0.39 is 10.8 Å². The van der Waals surface area contributed by atoms with Crippen molar-refractivity contribution < 1.29 is 4.21 Å². The smallest absolute Gasteiger partial charge is 0.0583 e. The lowest BCUT2D eigenvalue weighted by atomic mass is 10.1. The van der Waals surface area contributed by atoms with Crippen molar-refractivity contribution in [1.29, 1.82) is 0 Å². The maximum atomic E-state index is 12.5. The van der Waals surface area contributed by atoms with E-state index in [9.17, 15) is 4.21 Å². The summed E-state index contributed by atoms with van der Waals surface area (Å²) >= 11 is 0. The number of fused-ring (bicyclic) bond motifs is 1. The highest BCUT2D eigenvalue weighted by Gasteiger charge is 2.35. The Balaban J connectivity index is 2.13. The normalized spacial score (nSPS) is 23.3. The lowest BCUT2D eigenvalue weighted by Gasteiger charge is -2.21. The average molecular weight is 279 g/mol. The first-order chi connectivity index (χ1) is 9.27. The van der Waals surface area contributed by atoms with Crippen molar-refractivity contribution in [3.8, 4) is 0 Å². The number of benzene rings is 1. The molecule has 0 spiro atoms. The summed E-state index contributed by atoms with van der Waals surface area (Å²) in [7, 11) is -0.718. The summed E-state index contributed by atoms with van der Waals surface area (Å²) in [6.07, 6.45) is 4.28. The highest BCUT2D eigenvalue weighted by Crippen LogP contribution is 2.34. The summed E-state index contributed by atoms with van der Waals surface area (Å²) in [5.41, 5.74) is 2.75. The molecule has 1 N–H and O–H groups in total. The Morgan fingerprint density at radius 2 is 2.05 bits per heavy atom. The molecule has 2 rings (SSSR count). The monoisotopic (exact) mass is 279 g/mol. The van der Waals surface area contributed by atoms with E-state index in [1.807, 2.05) is 0 Å².